The third-order valence-corrected chi connectivity index (χ3v) is 2.65. The average molecular weight is 215 g/mol. The molecule has 2 N–H and O–H groups in total. The zero-order valence-electron chi connectivity index (χ0n) is 9.50. The molecule has 1 aromatic carbocycles. The highest BCUT2D eigenvalue weighted by atomic mass is 15.3. The molecular formula is C13H17N3. The van der Waals surface area contributed by atoms with E-state index in [1.165, 1.54) is 0 Å². The van der Waals surface area contributed by atoms with E-state index in [9.17, 15) is 0 Å². The summed E-state index contributed by atoms with van der Waals surface area (Å²) in [4.78, 5) is 0. The molecule has 3 nitrogen and oxygen atoms in total. The number of para-hydroxylation sites is 1. The van der Waals surface area contributed by atoms with E-state index in [2.05, 4.69) is 12.0 Å². The molecule has 1 atom stereocenters. The topological polar surface area (TPSA) is 43.8 Å². The van der Waals surface area contributed by atoms with Crippen LogP contribution in [0.4, 0.5) is 0 Å². The molecule has 2 aromatic rings. The number of nitrogens with zero attached hydrogens (tertiary/aromatic N) is 2. The number of rotatable bonds is 4. The van der Waals surface area contributed by atoms with E-state index in [1.54, 1.807) is 0 Å². The molecule has 0 amide bonds. The Labute approximate surface area is 95.9 Å². The maximum Gasteiger partial charge on any atom is 0.0645 e. The van der Waals surface area contributed by atoms with Gasteiger partial charge in [-0.1, -0.05) is 31.5 Å². The maximum absolute atomic E-state index is 6.04. The van der Waals surface area contributed by atoms with Crippen LogP contribution in [0, 0.1) is 0 Å². The lowest BCUT2D eigenvalue weighted by Gasteiger charge is -2.06. The highest BCUT2D eigenvalue weighted by Crippen LogP contribution is 2.16. The first-order valence-electron chi connectivity index (χ1n) is 5.67. The van der Waals surface area contributed by atoms with Crippen LogP contribution in [0.2, 0.25) is 0 Å². The number of aromatic nitrogens is 2. The first-order valence-corrected chi connectivity index (χ1v) is 5.67. The quantitative estimate of drug-likeness (QED) is 0.852. The van der Waals surface area contributed by atoms with Crippen molar-refractivity contribution in [3.05, 3.63) is 48.3 Å². The Bertz CT molecular complexity index is 433. The van der Waals surface area contributed by atoms with E-state index in [0.717, 1.165) is 24.1 Å². The van der Waals surface area contributed by atoms with Gasteiger partial charge < -0.3 is 5.73 Å². The Morgan fingerprint density at radius 2 is 2.06 bits per heavy atom. The zero-order valence-corrected chi connectivity index (χ0v) is 9.50. The summed E-state index contributed by atoms with van der Waals surface area (Å²) in [7, 11) is 0. The van der Waals surface area contributed by atoms with Crippen molar-refractivity contribution < 1.29 is 0 Å². The van der Waals surface area contributed by atoms with E-state index in [4.69, 9.17) is 5.73 Å². The van der Waals surface area contributed by atoms with Crippen molar-refractivity contribution >= 4 is 0 Å². The first kappa shape index (κ1) is 10.9. The van der Waals surface area contributed by atoms with E-state index in [1.807, 2.05) is 47.4 Å². The molecule has 84 valence electrons. The van der Waals surface area contributed by atoms with Gasteiger partial charge in [-0.3, -0.25) is 0 Å². The summed E-state index contributed by atoms with van der Waals surface area (Å²) in [5.74, 6) is 0. The smallest absolute Gasteiger partial charge is 0.0645 e. The van der Waals surface area contributed by atoms with Gasteiger partial charge in [0.25, 0.3) is 0 Å². The minimum atomic E-state index is 0.0995. The number of nitrogens with two attached hydrogens (primary N) is 1. The predicted molar refractivity (Wildman–Crippen MR) is 65.4 cm³/mol. The summed E-state index contributed by atoms with van der Waals surface area (Å²) in [6, 6.07) is 10.2. The van der Waals surface area contributed by atoms with Gasteiger partial charge in [0.15, 0.2) is 0 Å². The molecule has 1 unspecified atom stereocenters. The third-order valence-electron chi connectivity index (χ3n) is 2.65. The molecule has 1 aromatic heterocycles. The Hall–Kier alpha value is -1.61. The number of benzene rings is 1. The highest BCUT2D eigenvalue weighted by Gasteiger charge is 2.07. The van der Waals surface area contributed by atoms with Gasteiger partial charge in [-0.15, -0.1) is 0 Å². The van der Waals surface area contributed by atoms with E-state index < -0.39 is 0 Å². The van der Waals surface area contributed by atoms with Gasteiger partial charge in [0, 0.05) is 17.8 Å². The maximum atomic E-state index is 6.04. The van der Waals surface area contributed by atoms with Crippen molar-refractivity contribution in [2.24, 2.45) is 5.73 Å². The lowest BCUT2D eigenvalue weighted by atomic mass is 10.1. The first-order chi connectivity index (χ1) is 7.81. The van der Waals surface area contributed by atoms with Crippen molar-refractivity contribution in [2.75, 3.05) is 0 Å². The SMILES string of the molecule is CCCC(N)c1cnn(-c2ccccc2)c1. The molecule has 0 saturated heterocycles. The minimum absolute atomic E-state index is 0.0995. The van der Waals surface area contributed by atoms with Crippen LogP contribution < -0.4 is 5.73 Å². The van der Waals surface area contributed by atoms with Crippen LogP contribution in [0.3, 0.4) is 0 Å². The van der Waals surface area contributed by atoms with Crippen LogP contribution in [-0.4, -0.2) is 9.78 Å². The summed E-state index contributed by atoms with van der Waals surface area (Å²) in [5, 5.41) is 4.33. The number of hydrogen-bond acceptors (Lipinski definition) is 2. The van der Waals surface area contributed by atoms with Crippen molar-refractivity contribution in [2.45, 2.75) is 25.8 Å². The fraction of sp³-hybridized carbons (Fsp3) is 0.308. The Morgan fingerprint density at radius 1 is 1.31 bits per heavy atom. The van der Waals surface area contributed by atoms with Crippen LogP contribution in [-0.2, 0) is 0 Å². The molecule has 0 spiro atoms. The second-order valence-corrected chi connectivity index (χ2v) is 3.95. The van der Waals surface area contributed by atoms with Crippen LogP contribution in [0.1, 0.15) is 31.4 Å². The molecule has 16 heavy (non-hydrogen) atoms. The molecule has 3 heteroatoms. The highest BCUT2D eigenvalue weighted by molar-refractivity contribution is 5.31. The van der Waals surface area contributed by atoms with Gasteiger partial charge in [0.1, 0.15) is 0 Å². The molecule has 1 heterocycles. The molecule has 0 radical (unpaired) electrons. The zero-order chi connectivity index (χ0) is 11.4. The van der Waals surface area contributed by atoms with Crippen LogP contribution >= 0.6 is 0 Å². The van der Waals surface area contributed by atoms with E-state index in [0.29, 0.717) is 0 Å². The second kappa shape index (κ2) is 4.94. The summed E-state index contributed by atoms with van der Waals surface area (Å²) >= 11 is 0. The van der Waals surface area contributed by atoms with Crippen molar-refractivity contribution in [3.8, 4) is 5.69 Å². The Balaban J connectivity index is 2.20. The van der Waals surface area contributed by atoms with Gasteiger partial charge in [0.2, 0.25) is 0 Å². The molecule has 0 bridgehead atoms. The minimum Gasteiger partial charge on any atom is -0.324 e. The fourth-order valence-electron chi connectivity index (χ4n) is 1.73. The summed E-state index contributed by atoms with van der Waals surface area (Å²) < 4.78 is 1.87. The lowest BCUT2D eigenvalue weighted by Crippen LogP contribution is -2.08. The second-order valence-electron chi connectivity index (χ2n) is 3.95. The molecule has 2 rings (SSSR count). The van der Waals surface area contributed by atoms with Crippen LogP contribution in [0.15, 0.2) is 42.7 Å². The van der Waals surface area contributed by atoms with Crippen molar-refractivity contribution in [1.29, 1.82) is 0 Å². The summed E-state index contributed by atoms with van der Waals surface area (Å²) in [5.41, 5.74) is 8.21. The molecular weight excluding hydrogens is 198 g/mol. The fourth-order valence-corrected chi connectivity index (χ4v) is 1.73. The Kier molecular flexibility index (Phi) is 3.37. The van der Waals surface area contributed by atoms with Crippen molar-refractivity contribution in [1.82, 2.24) is 9.78 Å². The van der Waals surface area contributed by atoms with E-state index in [-0.39, 0.29) is 6.04 Å². The summed E-state index contributed by atoms with van der Waals surface area (Å²) in [6.45, 7) is 2.14. The van der Waals surface area contributed by atoms with Crippen LogP contribution in [0.5, 0.6) is 0 Å². The molecule has 0 saturated carbocycles. The van der Waals surface area contributed by atoms with Gasteiger partial charge >= 0.3 is 0 Å². The van der Waals surface area contributed by atoms with Gasteiger partial charge in [-0.2, -0.15) is 5.10 Å². The van der Waals surface area contributed by atoms with E-state index >= 15 is 0 Å². The molecule has 0 fully saturated rings. The standard InChI is InChI=1S/C13H17N3/c1-2-6-13(14)11-9-15-16(10-11)12-7-4-3-5-8-12/h3-5,7-10,13H,2,6,14H2,1H3. The van der Waals surface area contributed by atoms with Gasteiger partial charge in [-0.25, -0.2) is 4.68 Å². The Morgan fingerprint density at radius 3 is 2.75 bits per heavy atom. The summed E-state index contributed by atoms with van der Waals surface area (Å²) in [6.07, 6.45) is 5.96. The predicted octanol–water partition coefficient (Wildman–Crippen LogP) is 2.67. The average Bonchev–Trinajstić information content (AvgIpc) is 2.80. The van der Waals surface area contributed by atoms with Gasteiger partial charge in [-0.05, 0) is 18.6 Å². The third kappa shape index (κ3) is 2.31. The largest absolute Gasteiger partial charge is 0.324 e. The number of hydrogen-bond donors (Lipinski definition) is 1. The van der Waals surface area contributed by atoms with Crippen molar-refractivity contribution in [3.63, 3.8) is 0 Å². The monoisotopic (exact) mass is 215 g/mol. The molecule has 0 aliphatic carbocycles. The molecule has 0 aliphatic heterocycles. The van der Waals surface area contributed by atoms with Crippen LogP contribution in [0.25, 0.3) is 5.69 Å². The van der Waals surface area contributed by atoms with Gasteiger partial charge in [0.05, 0.1) is 11.9 Å². The lowest BCUT2D eigenvalue weighted by molar-refractivity contribution is 0.638. The normalized spacial score (nSPS) is 12.6. The molecule has 0 aliphatic rings.